The molecule has 17 heavy (non-hydrogen) atoms. The van der Waals surface area contributed by atoms with Crippen LogP contribution in [-0.4, -0.2) is 30.7 Å². The fourth-order valence-corrected chi connectivity index (χ4v) is 1.58. The highest BCUT2D eigenvalue weighted by molar-refractivity contribution is 6.34. The van der Waals surface area contributed by atoms with Crippen LogP contribution in [0.4, 0.5) is 0 Å². The number of hydrogen-bond donors (Lipinski definition) is 0. The van der Waals surface area contributed by atoms with Gasteiger partial charge in [0.1, 0.15) is 5.02 Å². The fourth-order valence-electron chi connectivity index (χ4n) is 1.26. The first-order chi connectivity index (χ1) is 7.93. The standard InChI is InChI=1S/C10H10ClNO5/c1-12-4-5(9(14)16-2)6(10(15)17-3)7(11)8(12)13/h4H,1-3H3. The van der Waals surface area contributed by atoms with Gasteiger partial charge in [0, 0.05) is 13.2 Å². The van der Waals surface area contributed by atoms with Crippen LogP contribution in [0.2, 0.25) is 5.02 Å². The van der Waals surface area contributed by atoms with Crippen molar-refractivity contribution in [3.05, 3.63) is 32.7 Å². The molecule has 6 nitrogen and oxygen atoms in total. The summed E-state index contributed by atoms with van der Waals surface area (Å²) >= 11 is 5.74. The molecule has 0 N–H and O–H groups in total. The lowest BCUT2D eigenvalue weighted by Gasteiger charge is -2.09. The second-order valence-corrected chi connectivity index (χ2v) is 3.51. The Morgan fingerprint density at radius 2 is 1.76 bits per heavy atom. The molecule has 92 valence electrons. The van der Waals surface area contributed by atoms with Gasteiger partial charge in [-0.15, -0.1) is 0 Å². The first kappa shape index (κ1) is 13.2. The third-order valence-electron chi connectivity index (χ3n) is 2.11. The van der Waals surface area contributed by atoms with Crippen LogP contribution in [0, 0.1) is 0 Å². The van der Waals surface area contributed by atoms with Crippen molar-refractivity contribution in [2.24, 2.45) is 7.05 Å². The number of methoxy groups -OCH3 is 2. The number of nitrogens with zero attached hydrogens (tertiary/aromatic N) is 1. The lowest BCUT2D eigenvalue weighted by molar-refractivity contribution is 0.0554. The van der Waals surface area contributed by atoms with Gasteiger partial charge in [0.25, 0.3) is 5.56 Å². The first-order valence-electron chi connectivity index (χ1n) is 4.49. The number of carbonyl (C=O) groups is 2. The number of halogens is 1. The Labute approximate surface area is 102 Å². The lowest BCUT2D eigenvalue weighted by Crippen LogP contribution is -2.24. The highest BCUT2D eigenvalue weighted by Gasteiger charge is 2.24. The summed E-state index contributed by atoms with van der Waals surface area (Å²) in [6, 6.07) is 0. The third-order valence-corrected chi connectivity index (χ3v) is 2.47. The minimum absolute atomic E-state index is 0.119. The average Bonchev–Trinajstić information content (AvgIpc) is 2.33. The average molecular weight is 260 g/mol. The summed E-state index contributed by atoms with van der Waals surface area (Å²) in [6.45, 7) is 0. The molecule has 0 amide bonds. The molecule has 1 heterocycles. The smallest absolute Gasteiger partial charge is 0.340 e. The van der Waals surface area contributed by atoms with Crippen LogP contribution < -0.4 is 5.56 Å². The van der Waals surface area contributed by atoms with Gasteiger partial charge in [-0.3, -0.25) is 4.79 Å². The van der Waals surface area contributed by atoms with Crippen molar-refractivity contribution < 1.29 is 19.1 Å². The Balaban J connectivity index is 3.63. The largest absolute Gasteiger partial charge is 0.465 e. The van der Waals surface area contributed by atoms with E-state index in [2.05, 4.69) is 9.47 Å². The Bertz CT molecular complexity index is 534. The minimum Gasteiger partial charge on any atom is -0.465 e. The Morgan fingerprint density at radius 3 is 2.24 bits per heavy atom. The van der Waals surface area contributed by atoms with Crippen LogP contribution in [0.15, 0.2) is 11.0 Å². The molecule has 0 spiro atoms. The van der Waals surface area contributed by atoms with E-state index in [1.807, 2.05) is 0 Å². The number of hydrogen-bond acceptors (Lipinski definition) is 5. The molecule has 1 aromatic rings. The van der Waals surface area contributed by atoms with E-state index >= 15 is 0 Å². The van der Waals surface area contributed by atoms with Gasteiger partial charge in [0.15, 0.2) is 0 Å². The van der Waals surface area contributed by atoms with Gasteiger partial charge >= 0.3 is 11.9 Å². The van der Waals surface area contributed by atoms with Crippen molar-refractivity contribution in [1.82, 2.24) is 4.57 Å². The normalized spacial score (nSPS) is 9.88. The van der Waals surface area contributed by atoms with Gasteiger partial charge in [-0.2, -0.15) is 0 Å². The second kappa shape index (κ2) is 5.01. The summed E-state index contributed by atoms with van der Waals surface area (Å²) in [5, 5.41) is -0.373. The first-order valence-corrected chi connectivity index (χ1v) is 4.87. The maximum Gasteiger partial charge on any atom is 0.340 e. The Morgan fingerprint density at radius 1 is 1.24 bits per heavy atom. The molecular formula is C10H10ClNO5. The van der Waals surface area contributed by atoms with Crippen LogP contribution in [0.25, 0.3) is 0 Å². The molecule has 0 fully saturated rings. The molecule has 0 bridgehead atoms. The molecule has 0 saturated heterocycles. The molecule has 0 aliphatic carbocycles. The number of aryl methyl sites for hydroxylation is 1. The second-order valence-electron chi connectivity index (χ2n) is 3.13. The van der Waals surface area contributed by atoms with Crippen LogP contribution in [0.3, 0.4) is 0 Å². The zero-order valence-corrected chi connectivity index (χ0v) is 10.2. The Kier molecular flexibility index (Phi) is 3.90. The summed E-state index contributed by atoms with van der Waals surface area (Å²) in [5.74, 6) is -1.64. The van der Waals surface area contributed by atoms with Crippen molar-refractivity contribution in [2.45, 2.75) is 0 Å². The molecule has 7 heteroatoms. The molecular weight excluding hydrogens is 250 g/mol. The van der Waals surface area contributed by atoms with Gasteiger partial charge in [0.2, 0.25) is 0 Å². The Hall–Kier alpha value is -1.82. The summed E-state index contributed by atoms with van der Waals surface area (Å²) in [7, 11) is 3.68. The number of ether oxygens (including phenoxy) is 2. The van der Waals surface area contributed by atoms with Crippen LogP contribution in [0.1, 0.15) is 20.7 Å². The highest BCUT2D eigenvalue weighted by Crippen LogP contribution is 2.18. The van der Waals surface area contributed by atoms with Crippen molar-refractivity contribution in [2.75, 3.05) is 14.2 Å². The van der Waals surface area contributed by atoms with Crippen LogP contribution in [0.5, 0.6) is 0 Å². The van der Waals surface area contributed by atoms with Crippen LogP contribution >= 0.6 is 11.6 Å². The number of carbonyl (C=O) groups excluding carboxylic acids is 2. The van der Waals surface area contributed by atoms with Crippen molar-refractivity contribution in [3.8, 4) is 0 Å². The zero-order chi connectivity index (χ0) is 13.2. The van der Waals surface area contributed by atoms with Crippen molar-refractivity contribution in [3.63, 3.8) is 0 Å². The maximum absolute atomic E-state index is 11.5. The van der Waals surface area contributed by atoms with Gasteiger partial charge in [-0.1, -0.05) is 11.6 Å². The number of esters is 2. The van der Waals surface area contributed by atoms with Gasteiger partial charge in [0.05, 0.1) is 25.3 Å². The monoisotopic (exact) mass is 259 g/mol. The topological polar surface area (TPSA) is 74.6 Å². The van der Waals surface area contributed by atoms with Gasteiger partial charge < -0.3 is 14.0 Å². The van der Waals surface area contributed by atoms with E-state index in [-0.39, 0.29) is 16.1 Å². The van der Waals surface area contributed by atoms with E-state index in [1.54, 1.807) is 0 Å². The van der Waals surface area contributed by atoms with E-state index in [4.69, 9.17) is 11.6 Å². The van der Waals surface area contributed by atoms with Gasteiger partial charge in [-0.05, 0) is 0 Å². The summed E-state index contributed by atoms with van der Waals surface area (Å²) in [6.07, 6.45) is 1.17. The summed E-state index contributed by atoms with van der Waals surface area (Å²) in [5.41, 5.74) is -1.00. The maximum atomic E-state index is 11.5. The van der Waals surface area contributed by atoms with E-state index in [1.165, 1.54) is 13.2 Å². The predicted octanol–water partition coefficient (Wildman–Crippen LogP) is 0.612. The third kappa shape index (κ3) is 2.31. The van der Waals surface area contributed by atoms with Gasteiger partial charge in [-0.25, -0.2) is 9.59 Å². The number of pyridine rings is 1. The van der Waals surface area contributed by atoms with E-state index in [0.717, 1.165) is 18.8 Å². The molecule has 0 aliphatic heterocycles. The van der Waals surface area contributed by atoms with E-state index < -0.39 is 17.5 Å². The van der Waals surface area contributed by atoms with E-state index in [0.29, 0.717) is 0 Å². The summed E-state index contributed by atoms with van der Waals surface area (Å²) in [4.78, 5) is 34.5. The molecule has 0 saturated carbocycles. The fraction of sp³-hybridized carbons (Fsp3) is 0.300. The molecule has 0 aromatic carbocycles. The van der Waals surface area contributed by atoms with Crippen LogP contribution in [-0.2, 0) is 16.5 Å². The molecule has 1 aromatic heterocycles. The van der Waals surface area contributed by atoms with Crippen molar-refractivity contribution >= 4 is 23.5 Å². The van der Waals surface area contributed by atoms with E-state index in [9.17, 15) is 14.4 Å². The number of rotatable bonds is 2. The number of aromatic nitrogens is 1. The molecule has 1 rings (SSSR count). The molecule has 0 atom stereocenters. The highest BCUT2D eigenvalue weighted by atomic mass is 35.5. The predicted molar refractivity (Wildman–Crippen MR) is 59.4 cm³/mol. The molecule has 0 aliphatic rings. The zero-order valence-electron chi connectivity index (χ0n) is 9.44. The lowest BCUT2D eigenvalue weighted by atomic mass is 10.1. The molecule has 0 radical (unpaired) electrons. The summed E-state index contributed by atoms with van der Waals surface area (Å²) < 4.78 is 10.1. The van der Waals surface area contributed by atoms with Crippen molar-refractivity contribution in [1.29, 1.82) is 0 Å². The quantitative estimate of drug-likeness (QED) is 0.728. The molecule has 0 unspecified atom stereocenters. The SMILES string of the molecule is COC(=O)c1cn(C)c(=O)c(Cl)c1C(=O)OC. The minimum atomic E-state index is -0.867.